The van der Waals surface area contributed by atoms with Crippen molar-refractivity contribution in [3.05, 3.63) is 82.4 Å². The van der Waals surface area contributed by atoms with Crippen LogP contribution in [0, 0.1) is 13.8 Å². The van der Waals surface area contributed by atoms with Gasteiger partial charge in [0.25, 0.3) is 5.91 Å². The number of thiocarbonyl (C=S) groups is 1. The van der Waals surface area contributed by atoms with E-state index in [1.54, 1.807) is 24.3 Å². The summed E-state index contributed by atoms with van der Waals surface area (Å²) < 4.78 is 5.89. The van der Waals surface area contributed by atoms with Gasteiger partial charge in [0.2, 0.25) is 5.89 Å². The lowest BCUT2D eigenvalue weighted by atomic mass is 10.1. The standard InChI is InChI=1S/C23H18ClN3O2S/c1-13-6-3-4-7-16(13)21(28)27-23(30)26-18-9-5-8-17(14(18)2)22-25-19-12-15(24)10-11-20(19)29-22/h3-12H,1-2H3,(H2,26,27,28,30). The van der Waals surface area contributed by atoms with Crippen molar-refractivity contribution in [2.75, 3.05) is 5.32 Å². The number of nitrogens with zero attached hydrogens (tertiary/aromatic N) is 1. The first-order valence-corrected chi connectivity index (χ1v) is 10.0. The molecule has 0 aliphatic rings. The molecule has 3 aromatic carbocycles. The van der Waals surface area contributed by atoms with Gasteiger partial charge in [0, 0.05) is 21.8 Å². The molecule has 0 unspecified atom stereocenters. The lowest BCUT2D eigenvalue weighted by molar-refractivity contribution is 0.0977. The summed E-state index contributed by atoms with van der Waals surface area (Å²) >= 11 is 11.4. The average Bonchev–Trinajstić information content (AvgIpc) is 3.12. The predicted octanol–water partition coefficient (Wildman–Crippen LogP) is 5.89. The van der Waals surface area contributed by atoms with Crippen molar-refractivity contribution in [1.82, 2.24) is 10.3 Å². The zero-order valence-electron chi connectivity index (χ0n) is 16.3. The molecule has 4 aromatic rings. The Kier molecular flexibility index (Phi) is 5.53. The Morgan fingerprint density at radius 1 is 1.07 bits per heavy atom. The number of hydrogen-bond acceptors (Lipinski definition) is 4. The van der Waals surface area contributed by atoms with Crippen LogP contribution in [0.1, 0.15) is 21.5 Å². The van der Waals surface area contributed by atoms with E-state index in [2.05, 4.69) is 15.6 Å². The van der Waals surface area contributed by atoms with E-state index in [0.29, 0.717) is 27.6 Å². The minimum absolute atomic E-state index is 0.216. The van der Waals surface area contributed by atoms with Gasteiger partial charge in [-0.15, -0.1) is 0 Å². The van der Waals surface area contributed by atoms with Crippen LogP contribution in [-0.2, 0) is 0 Å². The van der Waals surface area contributed by atoms with Gasteiger partial charge in [0.05, 0.1) is 0 Å². The minimum atomic E-state index is -0.254. The number of aryl methyl sites for hydroxylation is 1. The first-order valence-electron chi connectivity index (χ1n) is 9.26. The summed E-state index contributed by atoms with van der Waals surface area (Å²) in [5.74, 6) is 0.235. The topological polar surface area (TPSA) is 67.2 Å². The van der Waals surface area contributed by atoms with Crippen molar-refractivity contribution in [2.24, 2.45) is 0 Å². The number of aromatic nitrogens is 1. The highest BCUT2D eigenvalue weighted by Gasteiger charge is 2.15. The van der Waals surface area contributed by atoms with Crippen molar-refractivity contribution in [2.45, 2.75) is 13.8 Å². The Bertz CT molecular complexity index is 1280. The van der Waals surface area contributed by atoms with E-state index in [9.17, 15) is 4.79 Å². The Hall–Kier alpha value is -3.22. The van der Waals surface area contributed by atoms with Crippen LogP contribution < -0.4 is 10.6 Å². The molecule has 0 atom stereocenters. The average molecular weight is 436 g/mol. The minimum Gasteiger partial charge on any atom is -0.436 e. The van der Waals surface area contributed by atoms with Gasteiger partial charge in [-0.1, -0.05) is 35.9 Å². The van der Waals surface area contributed by atoms with E-state index in [0.717, 1.165) is 22.4 Å². The van der Waals surface area contributed by atoms with Crippen molar-refractivity contribution in [3.8, 4) is 11.5 Å². The van der Waals surface area contributed by atoms with Crippen LogP contribution in [0.25, 0.3) is 22.6 Å². The summed E-state index contributed by atoms with van der Waals surface area (Å²) in [6, 6.07) is 18.3. The summed E-state index contributed by atoms with van der Waals surface area (Å²) in [4.78, 5) is 17.0. The van der Waals surface area contributed by atoms with Gasteiger partial charge in [-0.3, -0.25) is 10.1 Å². The Labute approximate surface area is 184 Å². The molecule has 0 fully saturated rings. The van der Waals surface area contributed by atoms with Crippen LogP contribution in [0.2, 0.25) is 5.02 Å². The van der Waals surface area contributed by atoms with E-state index in [1.165, 1.54) is 0 Å². The Morgan fingerprint density at radius 3 is 2.67 bits per heavy atom. The van der Waals surface area contributed by atoms with E-state index in [1.807, 2.05) is 50.2 Å². The van der Waals surface area contributed by atoms with Crippen LogP contribution in [0.15, 0.2) is 65.1 Å². The molecule has 7 heteroatoms. The number of hydrogen-bond donors (Lipinski definition) is 2. The number of fused-ring (bicyclic) bond motifs is 1. The molecule has 5 nitrogen and oxygen atoms in total. The van der Waals surface area contributed by atoms with E-state index < -0.39 is 0 Å². The monoisotopic (exact) mass is 435 g/mol. The Balaban J connectivity index is 1.56. The van der Waals surface area contributed by atoms with E-state index in [4.69, 9.17) is 28.2 Å². The third-order valence-electron chi connectivity index (χ3n) is 4.78. The van der Waals surface area contributed by atoms with Gasteiger partial charge < -0.3 is 9.73 Å². The molecule has 30 heavy (non-hydrogen) atoms. The van der Waals surface area contributed by atoms with Crippen molar-refractivity contribution >= 4 is 51.6 Å². The van der Waals surface area contributed by atoms with Gasteiger partial charge in [0.15, 0.2) is 10.7 Å². The first-order chi connectivity index (χ1) is 14.4. The zero-order chi connectivity index (χ0) is 21.3. The van der Waals surface area contributed by atoms with Crippen molar-refractivity contribution < 1.29 is 9.21 Å². The maximum Gasteiger partial charge on any atom is 0.257 e. The molecule has 0 aliphatic heterocycles. The SMILES string of the molecule is Cc1ccccc1C(=O)NC(=S)Nc1cccc(-c2nc3cc(Cl)ccc3o2)c1C. The second-order valence-corrected chi connectivity index (χ2v) is 7.68. The number of nitrogens with one attached hydrogen (secondary N) is 2. The lowest BCUT2D eigenvalue weighted by Crippen LogP contribution is -2.34. The van der Waals surface area contributed by atoms with Gasteiger partial charge in [-0.2, -0.15) is 0 Å². The second-order valence-electron chi connectivity index (χ2n) is 6.83. The van der Waals surface area contributed by atoms with Crippen LogP contribution in [0.5, 0.6) is 0 Å². The van der Waals surface area contributed by atoms with Gasteiger partial charge >= 0.3 is 0 Å². The molecule has 150 valence electrons. The molecule has 0 bridgehead atoms. The molecule has 1 heterocycles. The molecule has 0 radical (unpaired) electrons. The number of amides is 1. The summed E-state index contributed by atoms with van der Waals surface area (Å²) in [7, 11) is 0. The predicted molar refractivity (Wildman–Crippen MR) is 124 cm³/mol. The normalized spacial score (nSPS) is 10.8. The summed E-state index contributed by atoms with van der Waals surface area (Å²) in [6.45, 7) is 3.82. The van der Waals surface area contributed by atoms with Crippen LogP contribution >= 0.6 is 23.8 Å². The summed E-state index contributed by atoms with van der Waals surface area (Å²) in [6.07, 6.45) is 0. The molecule has 2 N–H and O–H groups in total. The molecule has 0 spiro atoms. The number of rotatable bonds is 3. The quantitative estimate of drug-likeness (QED) is 0.392. The van der Waals surface area contributed by atoms with Gasteiger partial charge in [-0.25, -0.2) is 4.98 Å². The third-order valence-corrected chi connectivity index (χ3v) is 5.22. The molecule has 0 saturated heterocycles. The summed E-state index contributed by atoms with van der Waals surface area (Å²) in [5, 5.41) is 6.64. The second kappa shape index (κ2) is 8.26. The van der Waals surface area contributed by atoms with Crippen LogP contribution in [0.4, 0.5) is 5.69 Å². The fourth-order valence-corrected chi connectivity index (χ4v) is 3.54. The molecule has 0 aliphatic carbocycles. The van der Waals surface area contributed by atoms with E-state index in [-0.39, 0.29) is 11.0 Å². The summed E-state index contributed by atoms with van der Waals surface area (Å²) in [5.41, 5.74) is 5.28. The fourth-order valence-electron chi connectivity index (χ4n) is 3.17. The fraction of sp³-hybridized carbons (Fsp3) is 0.0870. The number of benzene rings is 3. The molecular formula is C23H18ClN3O2S. The maximum atomic E-state index is 12.5. The smallest absolute Gasteiger partial charge is 0.257 e. The van der Waals surface area contributed by atoms with Crippen LogP contribution in [0.3, 0.4) is 0 Å². The molecule has 4 rings (SSSR count). The Morgan fingerprint density at radius 2 is 1.87 bits per heavy atom. The third kappa shape index (κ3) is 4.06. The largest absolute Gasteiger partial charge is 0.436 e. The van der Waals surface area contributed by atoms with Crippen molar-refractivity contribution in [1.29, 1.82) is 0 Å². The molecule has 1 amide bonds. The molecular weight excluding hydrogens is 418 g/mol. The number of carbonyl (C=O) groups is 1. The van der Waals surface area contributed by atoms with Gasteiger partial charge in [-0.05, 0) is 73.6 Å². The lowest BCUT2D eigenvalue weighted by Gasteiger charge is -2.14. The van der Waals surface area contributed by atoms with Crippen LogP contribution in [-0.4, -0.2) is 16.0 Å². The number of oxazole rings is 1. The van der Waals surface area contributed by atoms with E-state index >= 15 is 0 Å². The maximum absolute atomic E-state index is 12.5. The number of halogens is 1. The number of anilines is 1. The zero-order valence-corrected chi connectivity index (χ0v) is 17.9. The molecule has 0 saturated carbocycles. The number of carbonyl (C=O) groups excluding carboxylic acids is 1. The highest BCUT2D eigenvalue weighted by atomic mass is 35.5. The van der Waals surface area contributed by atoms with Gasteiger partial charge in [0.1, 0.15) is 5.52 Å². The highest BCUT2D eigenvalue weighted by molar-refractivity contribution is 7.80. The highest BCUT2D eigenvalue weighted by Crippen LogP contribution is 2.31. The first kappa shape index (κ1) is 20.1. The van der Waals surface area contributed by atoms with Crippen molar-refractivity contribution in [3.63, 3.8) is 0 Å². The molecule has 1 aromatic heterocycles.